The van der Waals surface area contributed by atoms with E-state index >= 15 is 0 Å². The highest BCUT2D eigenvalue weighted by molar-refractivity contribution is 6.05. The summed E-state index contributed by atoms with van der Waals surface area (Å²) in [5, 5.41) is 2.83. The molecular formula is C17H17NO2. The van der Waals surface area contributed by atoms with E-state index in [9.17, 15) is 9.59 Å². The molecule has 0 heterocycles. The van der Waals surface area contributed by atoms with Crippen molar-refractivity contribution in [3.05, 3.63) is 65.2 Å². The van der Waals surface area contributed by atoms with Gasteiger partial charge in [0.1, 0.15) is 0 Å². The number of Topliss-reactive ketones (excluding diaryl/α,β-unsaturated/α-hetero) is 1. The fraction of sp³-hybridized carbons (Fsp3) is 0.176. The smallest absolute Gasteiger partial charge is 0.255 e. The molecule has 2 rings (SSSR count). The molecule has 0 aliphatic heterocycles. The zero-order valence-electron chi connectivity index (χ0n) is 11.6. The highest BCUT2D eigenvalue weighted by atomic mass is 16.1. The third-order valence-corrected chi connectivity index (χ3v) is 3.18. The van der Waals surface area contributed by atoms with Gasteiger partial charge in [-0.2, -0.15) is 0 Å². The fourth-order valence-electron chi connectivity index (χ4n) is 1.97. The van der Waals surface area contributed by atoms with Gasteiger partial charge in [-0.05, 0) is 42.8 Å². The van der Waals surface area contributed by atoms with Crippen LogP contribution in [0.1, 0.15) is 39.6 Å². The van der Waals surface area contributed by atoms with E-state index in [1.165, 1.54) is 0 Å². The van der Waals surface area contributed by atoms with Gasteiger partial charge < -0.3 is 5.32 Å². The Morgan fingerprint density at radius 1 is 1.00 bits per heavy atom. The summed E-state index contributed by atoms with van der Waals surface area (Å²) in [4.78, 5) is 23.7. The molecule has 2 aromatic carbocycles. The van der Waals surface area contributed by atoms with Crippen LogP contribution in [0.15, 0.2) is 48.5 Å². The maximum atomic E-state index is 12.1. The molecule has 0 aliphatic carbocycles. The molecule has 0 fully saturated rings. The summed E-state index contributed by atoms with van der Waals surface area (Å²) in [7, 11) is 0. The van der Waals surface area contributed by atoms with E-state index in [1.807, 2.05) is 32.0 Å². The standard InChI is InChI=1S/C17H17NO2/c1-3-16(19)13-8-10-14(11-9-13)18-17(20)15-7-5-4-6-12(15)2/h4-11H,3H2,1-2H3,(H,18,20). The van der Waals surface area contributed by atoms with Crippen molar-refractivity contribution in [2.75, 3.05) is 5.32 Å². The van der Waals surface area contributed by atoms with Gasteiger partial charge in [0, 0.05) is 23.2 Å². The number of ketones is 1. The van der Waals surface area contributed by atoms with Gasteiger partial charge in [0.05, 0.1) is 0 Å². The van der Waals surface area contributed by atoms with Gasteiger partial charge in [-0.25, -0.2) is 0 Å². The zero-order chi connectivity index (χ0) is 14.5. The van der Waals surface area contributed by atoms with Crippen molar-refractivity contribution >= 4 is 17.4 Å². The molecule has 20 heavy (non-hydrogen) atoms. The summed E-state index contributed by atoms with van der Waals surface area (Å²) < 4.78 is 0. The zero-order valence-corrected chi connectivity index (χ0v) is 11.6. The maximum Gasteiger partial charge on any atom is 0.255 e. The first kappa shape index (κ1) is 14.0. The minimum absolute atomic E-state index is 0.0989. The second kappa shape index (κ2) is 6.15. The average molecular weight is 267 g/mol. The number of amides is 1. The van der Waals surface area contributed by atoms with Crippen LogP contribution in [0, 0.1) is 6.92 Å². The number of aryl methyl sites for hydroxylation is 1. The Morgan fingerprint density at radius 3 is 2.25 bits per heavy atom. The molecule has 1 amide bonds. The number of hydrogen-bond donors (Lipinski definition) is 1. The minimum Gasteiger partial charge on any atom is -0.322 e. The molecule has 0 aromatic heterocycles. The van der Waals surface area contributed by atoms with E-state index in [0.717, 1.165) is 5.56 Å². The molecule has 0 spiro atoms. The first-order chi connectivity index (χ1) is 9.61. The number of nitrogens with one attached hydrogen (secondary N) is 1. The van der Waals surface area contributed by atoms with Crippen LogP contribution in [0.2, 0.25) is 0 Å². The van der Waals surface area contributed by atoms with Crippen LogP contribution >= 0.6 is 0 Å². The van der Waals surface area contributed by atoms with Gasteiger partial charge in [-0.1, -0.05) is 25.1 Å². The highest BCUT2D eigenvalue weighted by Crippen LogP contribution is 2.14. The Labute approximate surface area is 118 Å². The lowest BCUT2D eigenvalue weighted by atomic mass is 10.1. The molecule has 102 valence electrons. The van der Waals surface area contributed by atoms with Gasteiger partial charge in [-0.15, -0.1) is 0 Å². The van der Waals surface area contributed by atoms with Crippen LogP contribution in [0.3, 0.4) is 0 Å². The van der Waals surface area contributed by atoms with Crippen LogP contribution in [0.5, 0.6) is 0 Å². The topological polar surface area (TPSA) is 46.2 Å². The van der Waals surface area contributed by atoms with Crippen LogP contribution in [-0.4, -0.2) is 11.7 Å². The lowest BCUT2D eigenvalue weighted by molar-refractivity contribution is 0.0987. The number of anilines is 1. The van der Waals surface area contributed by atoms with Gasteiger partial charge in [-0.3, -0.25) is 9.59 Å². The van der Waals surface area contributed by atoms with E-state index in [2.05, 4.69) is 5.32 Å². The van der Waals surface area contributed by atoms with Crippen LogP contribution in [0.25, 0.3) is 0 Å². The minimum atomic E-state index is -0.141. The summed E-state index contributed by atoms with van der Waals surface area (Å²) in [5.41, 5.74) is 2.94. The van der Waals surface area contributed by atoms with Crippen molar-refractivity contribution in [3.63, 3.8) is 0 Å². The second-order valence-corrected chi connectivity index (χ2v) is 4.62. The predicted molar refractivity (Wildman–Crippen MR) is 80.2 cm³/mol. The molecule has 0 unspecified atom stereocenters. The van der Waals surface area contributed by atoms with Crippen LogP contribution in [-0.2, 0) is 0 Å². The number of hydrogen-bond acceptors (Lipinski definition) is 2. The van der Waals surface area contributed by atoms with Crippen molar-refractivity contribution in [2.45, 2.75) is 20.3 Å². The molecular weight excluding hydrogens is 250 g/mol. The molecule has 2 aromatic rings. The average Bonchev–Trinajstić information content (AvgIpc) is 2.47. The Bertz CT molecular complexity index is 630. The van der Waals surface area contributed by atoms with Gasteiger partial charge in [0.25, 0.3) is 5.91 Å². The normalized spacial score (nSPS) is 10.1. The highest BCUT2D eigenvalue weighted by Gasteiger charge is 2.09. The third-order valence-electron chi connectivity index (χ3n) is 3.18. The molecule has 0 saturated heterocycles. The summed E-state index contributed by atoms with van der Waals surface area (Å²) in [6, 6.07) is 14.4. The van der Waals surface area contributed by atoms with Crippen LogP contribution in [0.4, 0.5) is 5.69 Å². The van der Waals surface area contributed by atoms with Crippen LogP contribution < -0.4 is 5.32 Å². The largest absolute Gasteiger partial charge is 0.322 e. The maximum absolute atomic E-state index is 12.1. The molecule has 3 nitrogen and oxygen atoms in total. The first-order valence-electron chi connectivity index (χ1n) is 6.62. The summed E-state index contributed by atoms with van der Waals surface area (Å²) in [6.45, 7) is 3.73. The molecule has 3 heteroatoms. The van der Waals surface area contributed by atoms with Crippen molar-refractivity contribution in [3.8, 4) is 0 Å². The van der Waals surface area contributed by atoms with E-state index < -0.39 is 0 Å². The lowest BCUT2D eigenvalue weighted by Gasteiger charge is -2.08. The molecule has 0 saturated carbocycles. The monoisotopic (exact) mass is 267 g/mol. The first-order valence-corrected chi connectivity index (χ1v) is 6.62. The second-order valence-electron chi connectivity index (χ2n) is 4.62. The van der Waals surface area contributed by atoms with E-state index in [0.29, 0.717) is 23.2 Å². The lowest BCUT2D eigenvalue weighted by Crippen LogP contribution is -2.13. The Kier molecular flexibility index (Phi) is 4.31. The summed E-state index contributed by atoms with van der Waals surface area (Å²) >= 11 is 0. The molecule has 0 bridgehead atoms. The van der Waals surface area contributed by atoms with Gasteiger partial charge >= 0.3 is 0 Å². The number of carbonyl (C=O) groups excluding carboxylic acids is 2. The Balaban J connectivity index is 2.13. The van der Waals surface area contributed by atoms with Gasteiger partial charge in [0.2, 0.25) is 0 Å². The summed E-state index contributed by atoms with van der Waals surface area (Å²) in [5.74, 6) is -0.0422. The van der Waals surface area contributed by atoms with Crippen molar-refractivity contribution in [2.24, 2.45) is 0 Å². The predicted octanol–water partition coefficient (Wildman–Crippen LogP) is 3.84. The van der Waals surface area contributed by atoms with E-state index in [1.54, 1.807) is 30.3 Å². The molecule has 0 radical (unpaired) electrons. The Morgan fingerprint density at radius 2 is 1.65 bits per heavy atom. The number of rotatable bonds is 4. The molecule has 1 N–H and O–H groups in total. The SMILES string of the molecule is CCC(=O)c1ccc(NC(=O)c2ccccc2C)cc1. The fourth-order valence-corrected chi connectivity index (χ4v) is 1.97. The van der Waals surface area contributed by atoms with E-state index in [-0.39, 0.29) is 11.7 Å². The van der Waals surface area contributed by atoms with Crippen molar-refractivity contribution in [1.82, 2.24) is 0 Å². The van der Waals surface area contributed by atoms with Crippen molar-refractivity contribution in [1.29, 1.82) is 0 Å². The number of benzene rings is 2. The molecule has 0 aliphatic rings. The number of carbonyl (C=O) groups is 2. The summed E-state index contributed by atoms with van der Waals surface area (Å²) in [6.07, 6.45) is 0.481. The Hall–Kier alpha value is -2.42. The third kappa shape index (κ3) is 3.12. The quantitative estimate of drug-likeness (QED) is 0.855. The van der Waals surface area contributed by atoms with Crippen molar-refractivity contribution < 1.29 is 9.59 Å². The van der Waals surface area contributed by atoms with E-state index in [4.69, 9.17) is 0 Å². The van der Waals surface area contributed by atoms with Gasteiger partial charge in [0.15, 0.2) is 5.78 Å². The molecule has 0 atom stereocenters.